The molecule has 3 rings (SSSR count). The lowest BCUT2D eigenvalue weighted by Gasteiger charge is -2.09. The van der Waals surface area contributed by atoms with Gasteiger partial charge < -0.3 is 5.32 Å². The van der Waals surface area contributed by atoms with Crippen LogP contribution in [-0.2, 0) is 0 Å². The normalized spacial score (nSPS) is 10.6. The molecule has 0 aliphatic rings. The van der Waals surface area contributed by atoms with Gasteiger partial charge in [0.25, 0.3) is 0 Å². The summed E-state index contributed by atoms with van der Waals surface area (Å²) in [5.74, 6) is 1.58. The molecule has 1 aromatic carbocycles. The van der Waals surface area contributed by atoms with Gasteiger partial charge in [-0.25, -0.2) is 9.97 Å². The van der Waals surface area contributed by atoms with Crippen molar-refractivity contribution < 1.29 is 0 Å². The number of aromatic nitrogens is 2. The first-order valence-electron chi connectivity index (χ1n) is 6.68. The second kappa shape index (κ2) is 6.37. The highest BCUT2D eigenvalue weighted by Crippen LogP contribution is 2.32. The molecule has 0 bridgehead atoms. The highest BCUT2D eigenvalue weighted by atomic mass is 79.9. The average molecular weight is 360 g/mol. The number of nitrogens with one attached hydrogen (secondary N) is 1. The molecule has 21 heavy (non-hydrogen) atoms. The maximum absolute atomic E-state index is 4.71. The summed E-state index contributed by atoms with van der Waals surface area (Å²) in [6, 6.07) is 12.0. The van der Waals surface area contributed by atoms with Crippen molar-refractivity contribution in [2.45, 2.75) is 6.92 Å². The summed E-state index contributed by atoms with van der Waals surface area (Å²) in [7, 11) is 0. The van der Waals surface area contributed by atoms with E-state index in [2.05, 4.69) is 43.9 Å². The molecule has 2 aromatic heterocycles. The van der Waals surface area contributed by atoms with Crippen molar-refractivity contribution in [3.05, 3.63) is 51.6 Å². The Balaban J connectivity index is 2.13. The molecule has 0 saturated heterocycles. The first-order valence-corrected chi connectivity index (χ1v) is 8.42. The largest absolute Gasteiger partial charge is 0.370 e. The first-order chi connectivity index (χ1) is 10.3. The van der Waals surface area contributed by atoms with E-state index >= 15 is 0 Å². The number of benzene rings is 1. The van der Waals surface area contributed by atoms with Crippen molar-refractivity contribution in [1.82, 2.24) is 9.97 Å². The molecule has 3 nitrogen and oxygen atoms in total. The van der Waals surface area contributed by atoms with Gasteiger partial charge in [0.15, 0.2) is 5.82 Å². The van der Waals surface area contributed by atoms with E-state index in [1.807, 2.05) is 36.4 Å². The van der Waals surface area contributed by atoms with Gasteiger partial charge in [0.2, 0.25) is 0 Å². The highest BCUT2D eigenvalue weighted by molar-refractivity contribution is 9.10. The lowest BCUT2D eigenvalue weighted by Crippen LogP contribution is -2.02. The van der Waals surface area contributed by atoms with Crippen LogP contribution in [0.1, 0.15) is 6.92 Å². The number of anilines is 1. The molecule has 0 saturated carbocycles. The quantitative estimate of drug-likeness (QED) is 0.706. The van der Waals surface area contributed by atoms with E-state index in [4.69, 9.17) is 4.98 Å². The standard InChI is InChI=1S/C16H14BrN3S/c1-2-18-15-8-14(12-9-21-10-13(12)17)19-16(20-15)11-6-4-3-5-7-11/h3-10H,2H2,1H3,(H,18,19,20). The number of rotatable bonds is 4. The fraction of sp³-hybridized carbons (Fsp3) is 0.125. The van der Waals surface area contributed by atoms with Gasteiger partial charge in [-0.2, -0.15) is 11.3 Å². The summed E-state index contributed by atoms with van der Waals surface area (Å²) in [6.45, 7) is 2.89. The van der Waals surface area contributed by atoms with Gasteiger partial charge in [-0.15, -0.1) is 0 Å². The van der Waals surface area contributed by atoms with E-state index in [9.17, 15) is 0 Å². The molecule has 0 amide bonds. The maximum Gasteiger partial charge on any atom is 0.162 e. The zero-order valence-electron chi connectivity index (χ0n) is 11.5. The number of nitrogens with zero attached hydrogens (tertiary/aromatic N) is 2. The summed E-state index contributed by atoms with van der Waals surface area (Å²) in [4.78, 5) is 9.31. The van der Waals surface area contributed by atoms with Gasteiger partial charge in [-0.05, 0) is 22.9 Å². The average Bonchev–Trinajstić information content (AvgIpc) is 2.94. The van der Waals surface area contributed by atoms with Crippen molar-refractivity contribution in [3.8, 4) is 22.6 Å². The van der Waals surface area contributed by atoms with E-state index < -0.39 is 0 Å². The lowest BCUT2D eigenvalue weighted by molar-refractivity contribution is 1.12. The summed E-state index contributed by atoms with van der Waals surface area (Å²) in [5.41, 5.74) is 3.04. The summed E-state index contributed by atoms with van der Waals surface area (Å²) in [5, 5.41) is 7.43. The number of hydrogen-bond acceptors (Lipinski definition) is 4. The lowest BCUT2D eigenvalue weighted by atomic mass is 10.2. The van der Waals surface area contributed by atoms with Crippen molar-refractivity contribution in [1.29, 1.82) is 0 Å². The Hall–Kier alpha value is -1.72. The molecule has 5 heteroatoms. The molecule has 3 aromatic rings. The van der Waals surface area contributed by atoms with E-state index in [-0.39, 0.29) is 0 Å². The van der Waals surface area contributed by atoms with Gasteiger partial charge in [-0.3, -0.25) is 0 Å². The van der Waals surface area contributed by atoms with Crippen LogP contribution in [0.2, 0.25) is 0 Å². The SMILES string of the molecule is CCNc1cc(-c2cscc2Br)nc(-c2ccccc2)n1. The molecule has 0 fully saturated rings. The van der Waals surface area contributed by atoms with Gasteiger partial charge in [-0.1, -0.05) is 30.3 Å². The molecule has 0 unspecified atom stereocenters. The Labute approximate surface area is 136 Å². The molecule has 0 spiro atoms. The monoisotopic (exact) mass is 359 g/mol. The molecule has 1 N–H and O–H groups in total. The van der Waals surface area contributed by atoms with Gasteiger partial charge in [0.05, 0.1) is 5.69 Å². The van der Waals surface area contributed by atoms with Crippen molar-refractivity contribution in [2.24, 2.45) is 0 Å². The first kappa shape index (κ1) is 14.2. The maximum atomic E-state index is 4.71. The Morgan fingerprint density at radius 3 is 2.62 bits per heavy atom. The van der Waals surface area contributed by atoms with Crippen LogP contribution in [0.4, 0.5) is 5.82 Å². The van der Waals surface area contributed by atoms with E-state index in [0.717, 1.165) is 39.5 Å². The van der Waals surface area contributed by atoms with E-state index in [1.54, 1.807) is 11.3 Å². The number of halogens is 1. The molecular weight excluding hydrogens is 346 g/mol. The second-order valence-corrected chi connectivity index (χ2v) is 6.09. The molecule has 0 atom stereocenters. The Morgan fingerprint density at radius 2 is 1.95 bits per heavy atom. The Bertz CT molecular complexity index is 740. The van der Waals surface area contributed by atoms with Crippen molar-refractivity contribution in [3.63, 3.8) is 0 Å². The zero-order chi connectivity index (χ0) is 14.7. The van der Waals surface area contributed by atoms with Crippen LogP contribution >= 0.6 is 27.3 Å². The van der Waals surface area contributed by atoms with E-state index in [0.29, 0.717) is 0 Å². The van der Waals surface area contributed by atoms with Crippen LogP contribution in [0.5, 0.6) is 0 Å². The highest BCUT2D eigenvalue weighted by Gasteiger charge is 2.11. The van der Waals surface area contributed by atoms with Crippen LogP contribution in [0.15, 0.2) is 51.6 Å². The van der Waals surface area contributed by atoms with Gasteiger partial charge >= 0.3 is 0 Å². The summed E-state index contributed by atoms with van der Waals surface area (Å²) < 4.78 is 1.06. The minimum atomic E-state index is 0.738. The minimum Gasteiger partial charge on any atom is -0.370 e. The fourth-order valence-electron chi connectivity index (χ4n) is 2.04. The molecule has 0 aliphatic heterocycles. The molecular formula is C16H14BrN3S. The third kappa shape index (κ3) is 3.14. The van der Waals surface area contributed by atoms with Crippen LogP contribution in [-0.4, -0.2) is 16.5 Å². The fourth-order valence-corrected chi connectivity index (χ4v) is 3.53. The molecule has 0 radical (unpaired) electrons. The van der Waals surface area contributed by atoms with Crippen LogP contribution in [0.25, 0.3) is 22.6 Å². The van der Waals surface area contributed by atoms with Gasteiger partial charge in [0.1, 0.15) is 5.82 Å². The topological polar surface area (TPSA) is 37.8 Å². The van der Waals surface area contributed by atoms with Crippen LogP contribution < -0.4 is 5.32 Å². The second-order valence-electron chi connectivity index (χ2n) is 4.49. The summed E-state index contributed by atoms with van der Waals surface area (Å²) >= 11 is 5.23. The van der Waals surface area contributed by atoms with Gasteiger partial charge in [0, 0.05) is 39.0 Å². The minimum absolute atomic E-state index is 0.738. The molecule has 0 aliphatic carbocycles. The zero-order valence-corrected chi connectivity index (χ0v) is 13.9. The molecule has 2 heterocycles. The number of hydrogen-bond donors (Lipinski definition) is 1. The third-order valence-electron chi connectivity index (χ3n) is 3.01. The van der Waals surface area contributed by atoms with Crippen LogP contribution in [0.3, 0.4) is 0 Å². The Kier molecular flexibility index (Phi) is 4.31. The van der Waals surface area contributed by atoms with E-state index in [1.165, 1.54) is 0 Å². The predicted octanol–water partition coefficient (Wildman–Crippen LogP) is 5.07. The smallest absolute Gasteiger partial charge is 0.162 e. The third-order valence-corrected chi connectivity index (χ3v) is 4.71. The summed E-state index contributed by atoms with van der Waals surface area (Å²) in [6.07, 6.45) is 0. The number of thiophene rings is 1. The molecule has 106 valence electrons. The van der Waals surface area contributed by atoms with Crippen molar-refractivity contribution >= 4 is 33.1 Å². The predicted molar refractivity (Wildman–Crippen MR) is 92.6 cm³/mol. The Morgan fingerprint density at radius 1 is 1.14 bits per heavy atom. The van der Waals surface area contributed by atoms with Crippen LogP contribution in [0, 0.1) is 0 Å². The van der Waals surface area contributed by atoms with Crippen molar-refractivity contribution in [2.75, 3.05) is 11.9 Å².